The van der Waals surface area contributed by atoms with Crippen molar-refractivity contribution < 1.29 is 14.6 Å². The predicted octanol–water partition coefficient (Wildman–Crippen LogP) is 4.07. The fourth-order valence-electron chi connectivity index (χ4n) is 2.03. The van der Waals surface area contributed by atoms with Gasteiger partial charge in [0.2, 0.25) is 0 Å². The average molecular weight is 302 g/mol. The lowest BCUT2D eigenvalue weighted by atomic mass is 10.0. The molecule has 1 N–H and O–H groups in total. The molecule has 0 aliphatic rings. The molecule has 21 heavy (non-hydrogen) atoms. The van der Waals surface area contributed by atoms with Gasteiger partial charge in [-0.25, -0.2) is 0 Å². The number of thioether (sulfide) groups is 1. The van der Waals surface area contributed by atoms with Gasteiger partial charge >= 0.3 is 0 Å². The Bertz CT molecular complexity index is 623. The zero-order valence-electron chi connectivity index (χ0n) is 12.1. The van der Waals surface area contributed by atoms with Crippen LogP contribution in [0.2, 0.25) is 0 Å². The largest absolute Gasteiger partial charge is 0.507 e. The highest BCUT2D eigenvalue weighted by Gasteiger charge is 2.14. The topological polar surface area (TPSA) is 46.5 Å². The first kappa shape index (κ1) is 15.4. The third kappa shape index (κ3) is 4.02. The SMILES string of the molecule is COc1cc(C(=O)CCSc2ccccc2)c(O)cc1C. The molecule has 0 bridgehead atoms. The van der Waals surface area contributed by atoms with Crippen LogP contribution in [0.3, 0.4) is 0 Å². The van der Waals surface area contributed by atoms with E-state index in [0.29, 0.717) is 23.5 Å². The number of aryl methyl sites for hydroxylation is 1. The van der Waals surface area contributed by atoms with Crippen LogP contribution in [0.15, 0.2) is 47.4 Å². The Morgan fingerprint density at radius 1 is 1.24 bits per heavy atom. The van der Waals surface area contributed by atoms with Crippen molar-refractivity contribution in [3.63, 3.8) is 0 Å². The lowest BCUT2D eigenvalue weighted by molar-refractivity contribution is 0.0986. The van der Waals surface area contributed by atoms with Crippen molar-refractivity contribution in [3.8, 4) is 11.5 Å². The number of methoxy groups -OCH3 is 1. The summed E-state index contributed by atoms with van der Waals surface area (Å²) in [5, 5.41) is 9.91. The van der Waals surface area contributed by atoms with Gasteiger partial charge < -0.3 is 9.84 Å². The Balaban J connectivity index is 2.00. The van der Waals surface area contributed by atoms with Crippen LogP contribution in [-0.2, 0) is 0 Å². The summed E-state index contributed by atoms with van der Waals surface area (Å²) in [6.07, 6.45) is 0.374. The molecule has 110 valence electrons. The number of ether oxygens (including phenoxy) is 1. The second-order valence-electron chi connectivity index (χ2n) is 4.67. The third-order valence-corrected chi connectivity index (χ3v) is 4.17. The molecular formula is C17H18O3S. The van der Waals surface area contributed by atoms with Crippen molar-refractivity contribution in [1.82, 2.24) is 0 Å². The number of carbonyl (C=O) groups is 1. The van der Waals surface area contributed by atoms with E-state index < -0.39 is 0 Å². The minimum atomic E-state index is -0.0748. The maximum Gasteiger partial charge on any atom is 0.167 e. The summed E-state index contributed by atoms with van der Waals surface area (Å²) in [4.78, 5) is 13.3. The van der Waals surface area contributed by atoms with Gasteiger partial charge in [-0.05, 0) is 36.8 Å². The highest BCUT2D eigenvalue weighted by molar-refractivity contribution is 7.99. The second-order valence-corrected chi connectivity index (χ2v) is 5.84. The molecule has 0 atom stereocenters. The summed E-state index contributed by atoms with van der Waals surface area (Å²) in [6, 6.07) is 13.1. The number of hydrogen-bond acceptors (Lipinski definition) is 4. The fraction of sp³-hybridized carbons (Fsp3) is 0.235. The first-order valence-corrected chi connectivity index (χ1v) is 7.69. The van der Waals surface area contributed by atoms with Gasteiger partial charge in [-0.1, -0.05) is 18.2 Å². The summed E-state index contributed by atoms with van der Waals surface area (Å²) in [5.74, 6) is 1.24. The molecule has 0 aliphatic carbocycles. The van der Waals surface area contributed by atoms with Crippen LogP contribution in [0.4, 0.5) is 0 Å². The Morgan fingerprint density at radius 3 is 2.62 bits per heavy atom. The number of Topliss-reactive ketones (excluding diaryl/α,β-unsaturated/α-hetero) is 1. The monoisotopic (exact) mass is 302 g/mol. The van der Waals surface area contributed by atoms with Crippen molar-refractivity contribution in [2.24, 2.45) is 0 Å². The quantitative estimate of drug-likeness (QED) is 0.645. The first-order chi connectivity index (χ1) is 10.1. The van der Waals surface area contributed by atoms with Crippen molar-refractivity contribution in [1.29, 1.82) is 0 Å². The smallest absolute Gasteiger partial charge is 0.167 e. The van der Waals surface area contributed by atoms with E-state index in [1.54, 1.807) is 31.0 Å². The first-order valence-electron chi connectivity index (χ1n) is 6.70. The van der Waals surface area contributed by atoms with Crippen LogP contribution >= 0.6 is 11.8 Å². The summed E-state index contributed by atoms with van der Waals surface area (Å²) in [5.41, 5.74) is 1.14. The number of benzene rings is 2. The maximum absolute atomic E-state index is 12.2. The van der Waals surface area contributed by atoms with Crippen molar-refractivity contribution in [2.75, 3.05) is 12.9 Å². The molecule has 0 unspecified atom stereocenters. The summed E-state index contributed by atoms with van der Waals surface area (Å²) < 4.78 is 5.20. The Hall–Kier alpha value is -1.94. The number of hydrogen-bond donors (Lipinski definition) is 1. The van der Waals surface area contributed by atoms with E-state index in [1.807, 2.05) is 37.3 Å². The van der Waals surface area contributed by atoms with E-state index >= 15 is 0 Å². The molecule has 0 aromatic heterocycles. The normalized spacial score (nSPS) is 10.4. The van der Waals surface area contributed by atoms with Crippen LogP contribution < -0.4 is 4.74 Å². The highest BCUT2D eigenvalue weighted by atomic mass is 32.2. The molecule has 0 spiro atoms. The van der Waals surface area contributed by atoms with Gasteiger partial charge in [-0.3, -0.25) is 4.79 Å². The van der Waals surface area contributed by atoms with E-state index in [-0.39, 0.29) is 11.5 Å². The molecule has 0 heterocycles. The molecule has 0 amide bonds. The molecule has 2 aromatic carbocycles. The van der Waals surface area contributed by atoms with Crippen molar-refractivity contribution in [2.45, 2.75) is 18.2 Å². The van der Waals surface area contributed by atoms with Gasteiger partial charge in [0.1, 0.15) is 11.5 Å². The minimum Gasteiger partial charge on any atom is -0.507 e. The summed E-state index contributed by atoms with van der Waals surface area (Å²) in [6.45, 7) is 1.83. The van der Waals surface area contributed by atoms with Crippen LogP contribution in [0.5, 0.6) is 11.5 Å². The van der Waals surface area contributed by atoms with Gasteiger partial charge in [0.15, 0.2) is 5.78 Å². The number of phenols is 1. The number of carbonyl (C=O) groups excluding carboxylic acids is 1. The Kier molecular flexibility index (Phi) is 5.28. The van der Waals surface area contributed by atoms with Gasteiger partial charge in [0.05, 0.1) is 12.7 Å². The van der Waals surface area contributed by atoms with E-state index in [9.17, 15) is 9.90 Å². The van der Waals surface area contributed by atoms with Gasteiger partial charge in [-0.15, -0.1) is 11.8 Å². The molecule has 2 aromatic rings. The molecule has 0 aliphatic heterocycles. The van der Waals surface area contributed by atoms with E-state index in [0.717, 1.165) is 10.5 Å². The van der Waals surface area contributed by atoms with Gasteiger partial charge in [0, 0.05) is 17.1 Å². The highest BCUT2D eigenvalue weighted by Crippen LogP contribution is 2.29. The van der Waals surface area contributed by atoms with Crippen molar-refractivity contribution >= 4 is 17.5 Å². The number of aromatic hydroxyl groups is 1. The standard InChI is InChI=1S/C17H18O3S/c1-12-10-16(19)14(11-17(12)20-2)15(18)8-9-21-13-6-4-3-5-7-13/h3-7,10-11,19H,8-9H2,1-2H3. The molecule has 3 nitrogen and oxygen atoms in total. The number of phenolic OH excluding ortho intramolecular Hbond substituents is 1. The molecule has 0 radical (unpaired) electrons. The molecule has 0 fully saturated rings. The molecule has 0 saturated heterocycles. The zero-order valence-corrected chi connectivity index (χ0v) is 12.9. The van der Waals surface area contributed by atoms with Crippen molar-refractivity contribution in [3.05, 3.63) is 53.6 Å². The second kappa shape index (κ2) is 7.18. The molecular weight excluding hydrogens is 284 g/mol. The predicted molar refractivity (Wildman–Crippen MR) is 85.5 cm³/mol. The zero-order chi connectivity index (χ0) is 15.2. The number of ketones is 1. The molecule has 2 rings (SSSR count). The number of rotatable bonds is 6. The average Bonchev–Trinajstić information content (AvgIpc) is 2.48. The van der Waals surface area contributed by atoms with Gasteiger partial charge in [-0.2, -0.15) is 0 Å². The van der Waals surface area contributed by atoms with E-state index in [1.165, 1.54) is 0 Å². The summed E-state index contributed by atoms with van der Waals surface area (Å²) >= 11 is 1.63. The van der Waals surface area contributed by atoms with Gasteiger partial charge in [0.25, 0.3) is 0 Å². The van der Waals surface area contributed by atoms with E-state index in [2.05, 4.69) is 0 Å². The third-order valence-electron chi connectivity index (χ3n) is 3.15. The van der Waals surface area contributed by atoms with E-state index in [4.69, 9.17) is 4.74 Å². The fourth-order valence-corrected chi connectivity index (χ4v) is 2.90. The Morgan fingerprint density at radius 2 is 1.95 bits per heavy atom. The van der Waals surface area contributed by atoms with Crippen LogP contribution in [0.25, 0.3) is 0 Å². The van der Waals surface area contributed by atoms with Crippen LogP contribution in [0.1, 0.15) is 22.3 Å². The lowest BCUT2D eigenvalue weighted by Crippen LogP contribution is -2.02. The lowest BCUT2D eigenvalue weighted by Gasteiger charge is -2.09. The molecule has 0 saturated carbocycles. The minimum absolute atomic E-state index is 0.0167. The summed E-state index contributed by atoms with van der Waals surface area (Å²) in [7, 11) is 1.55. The van der Waals surface area contributed by atoms with Crippen LogP contribution in [0, 0.1) is 6.92 Å². The van der Waals surface area contributed by atoms with Crippen LogP contribution in [-0.4, -0.2) is 23.8 Å². The Labute approximate surface area is 129 Å². The molecule has 4 heteroatoms. The maximum atomic E-state index is 12.2.